The zero-order valence-electron chi connectivity index (χ0n) is 20.3. The number of halogens is 1. The van der Waals surface area contributed by atoms with Gasteiger partial charge in [0.25, 0.3) is 15.9 Å². The Morgan fingerprint density at radius 1 is 0.974 bits per heavy atom. The van der Waals surface area contributed by atoms with E-state index in [1.807, 2.05) is 0 Å². The second-order valence-electron chi connectivity index (χ2n) is 8.79. The Balaban J connectivity index is 1.31. The molecule has 1 amide bonds. The number of rotatable bonds is 5. The number of benzene rings is 2. The second-order valence-corrected chi connectivity index (χ2v) is 11.1. The molecule has 196 valence electrons. The molecule has 0 bridgehead atoms. The molecule has 1 aliphatic rings. The van der Waals surface area contributed by atoms with Crippen LogP contribution >= 0.6 is 11.6 Å². The summed E-state index contributed by atoms with van der Waals surface area (Å²) in [5.74, 6) is -0.970. The fourth-order valence-electron chi connectivity index (χ4n) is 4.40. The van der Waals surface area contributed by atoms with Crippen molar-refractivity contribution in [1.82, 2.24) is 14.2 Å². The van der Waals surface area contributed by atoms with E-state index in [1.165, 1.54) is 29.7 Å². The van der Waals surface area contributed by atoms with E-state index in [9.17, 15) is 23.2 Å². The van der Waals surface area contributed by atoms with Crippen LogP contribution in [-0.4, -0.2) is 60.7 Å². The maximum atomic E-state index is 13.5. The zero-order valence-corrected chi connectivity index (χ0v) is 21.8. The van der Waals surface area contributed by atoms with E-state index < -0.39 is 16.0 Å². The Labute approximate surface area is 223 Å². The Morgan fingerprint density at radius 2 is 1.61 bits per heavy atom. The molecule has 38 heavy (non-hydrogen) atoms. The first-order chi connectivity index (χ1) is 18.1. The van der Waals surface area contributed by atoms with Gasteiger partial charge in [0, 0.05) is 61.2 Å². The molecule has 1 fully saturated rings. The first-order valence-corrected chi connectivity index (χ1v) is 13.5. The van der Waals surface area contributed by atoms with Crippen LogP contribution in [0.4, 0.5) is 0 Å². The third-order valence-electron chi connectivity index (χ3n) is 6.32. The number of amides is 1. The number of ether oxygens (including phenoxy) is 1. The average molecular weight is 555 g/mol. The van der Waals surface area contributed by atoms with Crippen molar-refractivity contribution < 1.29 is 27.5 Å². The van der Waals surface area contributed by atoms with E-state index in [1.54, 1.807) is 53.4 Å². The fraction of sp³-hybridized carbons (Fsp3) is 0.192. The van der Waals surface area contributed by atoms with Gasteiger partial charge >= 0.3 is 5.97 Å². The number of pyridine rings is 1. The molecule has 0 saturated carbocycles. The number of H-pyrrole nitrogens is 1. The van der Waals surface area contributed by atoms with Gasteiger partial charge in [-0.25, -0.2) is 8.42 Å². The third-order valence-corrected chi connectivity index (χ3v) is 8.40. The van der Waals surface area contributed by atoms with Gasteiger partial charge in [-0.1, -0.05) is 23.7 Å². The van der Waals surface area contributed by atoms with E-state index in [4.69, 9.17) is 16.3 Å². The fourth-order valence-corrected chi connectivity index (χ4v) is 6.09. The lowest BCUT2D eigenvalue weighted by atomic mass is 10.0. The molecule has 0 atom stereocenters. The molecule has 10 nitrogen and oxygen atoms in total. The highest BCUT2D eigenvalue weighted by Gasteiger charge is 2.35. The maximum absolute atomic E-state index is 13.5. The number of carbonyl (C=O) groups excluding carboxylic acids is 2. The molecule has 0 radical (unpaired) electrons. The standard InChI is InChI=1S/C26H23ClN4O6S/c1-17(32)37-24-22-16-21(27)6-7-23(22)28-25(24)38(35,36)31-14-12-29(13-15-31)26(33)20-4-2-18(3-5-20)19-8-10-30(34)11-9-19/h2-11,16,28H,12-15H2,1H3. The molecule has 2 aromatic carbocycles. The minimum Gasteiger partial charge on any atom is -0.619 e. The Morgan fingerprint density at radius 3 is 2.24 bits per heavy atom. The van der Waals surface area contributed by atoms with Crippen molar-refractivity contribution in [1.29, 1.82) is 0 Å². The Hall–Kier alpha value is -3.93. The van der Waals surface area contributed by atoms with Gasteiger partial charge in [0.15, 0.2) is 23.2 Å². The number of sulfonamides is 1. The number of nitrogens with zero attached hydrogens (tertiary/aromatic N) is 3. The van der Waals surface area contributed by atoms with Crippen LogP contribution in [0.2, 0.25) is 5.02 Å². The van der Waals surface area contributed by atoms with Gasteiger partial charge in [-0.05, 0) is 41.5 Å². The van der Waals surface area contributed by atoms with E-state index in [2.05, 4.69) is 4.98 Å². The molecule has 2 aromatic heterocycles. The quantitative estimate of drug-likeness (QED) is 0.229. The molecule has 1 N–H and O–H groups in total. The van der Waals surface area contributed by atoms with Crippen LogP contribution < -0.4 is 9.47 Å². The monoisotopic (exact) mass is 554 g/mol. The maximum Gasteiger partial charge on any atom is 0.308 e. The zero-order chi connectivity index (χ0) is 27.0. The summed E-state index contributed by atoms with van der Waals surface area (Å²) < 4.78 is 34.3. The van der Waals surface area contributed by atoms with Crippen molar-refractivity contribution in [2.75, 3.05) is 26.2 Å². The Bertz CT molecular complexity index is 1630. The van der Waals surface area contributed by atoms with Gasteiger partial charge < -0.3 is 19.8 Å². The predicted molar refractivity (Wildman–Crippen MR) is 140 cm³/mol. The average Bonchev–Trinajstić information content (AvgIpc) is 3.26. The van der Waals surface area contributed by atoms with E-state index in [0.717, 1.165) is 11.1 Å². The number of piperazine rings is 1. The number of fused-ring (bicyclic) bond motifs is 1. The van der Waals surface area contributed by atoms with Crippen LogP contribution in [0.15, 0.2) is 72.0 Å². The normalized spacial score (nSPS) is 14.5. The van der Waals surface area contributed by atoms with Gasteiger partial charge in [-0.2, -0.15) is 9.04 Å². The van der Waals surface area contributed by atoms with Gasteiger partial charge in [-0.15, -0.1) is 0 Å². The summed E-state index contributed by atoms with van der Waals surface area (Å²) in [6.07, 6.45) is 2.81. The van der Waals surface area contributed by atoms with Crippen molar-refractivity contribution in [2.45, 2.75) is 11.9 Å². The topological polar surface area (TPSA) is 127 Å². The van der Waals surface area contributed by atoms with Crippen LogP contribution in [0.1, 0.15) is 17.3 Å². The highest BCUT2D eigenvalue weighted by Crippen LogP contribution is 2.36. The molecular formula is C26H23ClN4O6S. The minimum atomic E-state index is -4.07. The molecule has 12 heteroatoms. The number of hydrogen-bond acceptors (Lipinski definition) is 6. The van der Waals surface area contributed by atoms with Crippen molar-refractivity contribution in [3.63, 3.8) is 0 Å². The van der Waals surface area contributed by atoms with Crippen LogP contribution in [0.5, 0.6) is 5.75 Å². The highest BCUT2D eigenvalue weighted by atomic mass is 35.5. The van der Waals surface area contributed by atoms with E-state index in [-0.39, 0.29) is 42.9 Å². The van der Waals surface area contributed by atoms with Crippen molar-refractivity contribution in [3.05, 3.63) is 82.8 Å². The van der Waals surface area contributed by atoms with Gasteiger partial charge in [-0.3, -0.25) is 9.59 Å². The number of aromatic amines is 1. The largest absolute Gasteiger partial charge is 0.619 e. The predicted octanol–water partition coefficient (Wildman–Crippen LogP) is 3.19. The lowest BCUT2D eigenvalue weighted by Crippen LogP contribution is -2.50. The van der Waals surface area contributed by atoms with E-state index >= 15 is 0 Å². The van der Waals surface area contributed by atoms with Gasteiger partial charge in [0.2, 0.25) is 0 Å². The highest BCUT2D eigenvalue weighted by molar-refractivity contribution is 7.89. The van der Waals surface area contributed by atoms with Crippen molar-refractivity contribution in [2.24, 2.45) is 0 Å². The van der Waals surface area contributed by atoms with Crippen LogP contribution in [-0.2, 0) is 14.8 Å². The third kappa shape index (κ3) is 4.95. The summed E-state index contributed by atoms with van der Waals surface area (Å²) in [6, 6.07) is 15.2. The summed E-state index contributed by atoms with van der Waals surface area (Å²) in [7, 11) is -4.07. The molecule has 0 aliphatic carbocycles. The number of carbonyl (C=O) groups is 2. The second kappa shape index (κ2) is 10.1. The van der Waals surface area contributed by atoms with Gasteiger partial charge in [0.1, 0.15) is 0 Å². The lowest BCUT2D eigenvalue weighted by Gasteiger charge is -2.33. The van der Waals surface area contributed by atoms with Gasteiger partial charge in [0.05, 0.1) is 5.52 Å². The summed E-state index contributed by atoms with van der Waals surface area (Å²) >= 11 is 6.08. The van der Waals surface area contributed by atoms with Crippen molar-refractivity contribution in [3.8, 4) is 16.9 Å². The number of hydrogen-bond donors (Lipinski definition) is 1. The molecule has 4 aromatic rings. The molecule has 5 rings (SSSR count). The van der Waals surface area contributed by atoms with Crippen LogP contribution in [0.25, 0.3) is 22.0 Å². The van der Waals surface area contributed by atoms with E-state index in [0.29, 0.717) is 26.2 Å². The Kier molecular flexibility index (Phi) is 6.82. The molecule has 0 unspecified atom stereocenters. The molecule has 0 spiro atoms. The minimum absolute atomic E-state index is 0.0704. The smallest absolute Gasteiger partial charge is 0.308 e. The summed E-state index contributed by atoms with van der Waals surface area (Å²) in [6.45, 7) is 1.72. The summed E-state index contributed by atoms with van der Waals surface area (Å²) in [4.78, 5) is 29.3. The number of nitrogens with one attached hydrogen (secondary N) is 1. The molecular weight excluding hydrogens is 532 g/mol. The molecule has 1 aliphatic heterocycles. The van der Waals surface area contributed by atoms with Crippen LogP contribution in [0, 0.1) is 5.21 Å². The number of aromatic nitrogens is 2. The van der Waals surface area contributed by atoms with Crippen LogP contribution in [0.3, 0.4) is 0 Å². The summed E-state index contributed by atoms with van der Waals surface area (Å²) in [5, 5.41) is 11.8. The molecule has 3 heterocycles. The SMILES string of the molecule is CC(=O)Oc1c(S(=O)(=O)N2CCN(C(=O)c3ccc(-c4cc[n+]([O-])cc4)cc3)CC2)[nH]c2ccc(Cl)cc12. The first-order valence-electron chi connectivity index (χ1n) is 11.7. The summed E-state index contributed by atoms with van der Waals surface area (Å²) in [5.41, 5.74) is 2.65. The van der Waals surface area contributed by atoms with Crippen molar-refractivity contribution >= 4 is 44.4 Å². The number of esters is 1. The molecule has 1 saturated heterocycles. The lowest BCUT2D eigenvalue weighted by molar-refractivity contribution is -0.605. The first kappa shape index (κ1) is 25.7.